The SMILES string of the molecule is CC(NC(=O)C1(O)CCSCC1)c1nc(-c2ccccc2)cs1. The number of thiazole rings is 1. The third kappa shape index (κ3) is 3.76. The molecule has 0 saturated carbocycles. The lowest BCUT2D eigenvalue weighted by atomic mass is 9.95. The van der Waals surface area contributed by atoms with Crippen LogP contribution in [0.25, 0.3) is 11.3 Å². The van der Waals surface area contributed by atoms with Crippen LogP contribution in [0, 0.1) is 0 Å². The number of thioether (sulfide) groups is 1. The lowest BCUT2D eigenvalue weighted by Gasteiger charge is -2.31. The minimum atomic E-state index is -1.22. The van der Waals surface area contributed by atoms with Crippen molar-refractivity contribution in [1.29, 1.82) is 0 Å². The van der Waals surface area contributed by atoms with E-state index in [2.05, 4.69) is 10.3 Å². The van der Waals surface area contributed by atoms with Crippen LogP contribution < -0.4 is 5.32 Å². The molecule has 1 fully saturated rings. The van der Waals surface area contributed by atoms with Crippen molar-refractivity contribution in [2.75, 3.05) is 11.5 Å². The number of aliphatic hydroxyl groups is 1. The Kier molecular flexibility index (Phi) is 5.04. The molecule has 6 heteroatoms. The van der Waals surface area contributed by atoms with Gasteiger partial charge in [-0.05, 0) is 31.3 Å². The second kappa shape index (κ2) is 7.03. The summed E-state index contributed by atoms with van der Waals surface area (Å²) in [7, 11) is 0. The van der Waals surface area contributed by atoms with E-state index in [1.807, 2.05) is 42.6 Å². The van der Waals surface area contributed by atoms with Gasteiger partial charge in [-0.2, -0.15) is 11.8 Å². The van der Waals surface area contributed by atoms with Crippen LogP contribution in [0.15, 0.2) is 35.7 Å². The Labute approximate surface area is 144 Å². The highest BCUT2D eigenvalue weighted by Gasteiger charge is 2.38. The topological polar surface area (TPSA) is 62.2 Å². The molecule has 1 aromatic carbocycles. The molecule has 0 radical (unpaired) electrons. The van der Waals surface area contributed by atoms with Gasteiger partial charge in [-0.15, -0.1) is 11.3 Å². The molecule has 1 saturated heterocycles. The van der Waals surface area contributed by atoms with Crippen LogP contribution in [0.4, 0.5) is 0 Å². The molecule has 0 aliphatic carbocycles. The average Bonchev–Trinajstić information content (AvgIpc) is 3.06. The number of carbonyl (C=O) groups is 1. The molecule has 4 nitrogen and oxygen atoms in total. The first-order valence-corrected chi connectivity index (χ1v) is 9.74. The number of amides is 1. The maximum atomic E-state index is 12.4. The second-order valence-corrected chi connectivity index (χ2v) is 7.89. The largest absolute Gasteiger partial charge is 0.380 e. The van der Waals surface area contributed by atoms with Crippen molar-refractivity contribution in [3.05, 3.63) is 40.7 Å². The summed E-state index contributed by atoms with van der Waals surface area (Å²) in [5.41, 5.74) is 0.759. The van der Waals surface area contributed by atoms with Crippen LogP contribution in [0.3, 0.4) is 0 Å². The zero-order chi connectivity index (χ0) is 16.3. The van der Waals surface area contributed by atoms with Crippen molar-refractivity contribution in [3.63, 3.8) is 0 Å². The number of rotatable bonds is 4. The number of hydrogen-bond donors (Lipinski definition) is 2. The molecular weight excluding hydrogens is 328 g/mol. The van der Waals surface area contributed by atoms with Gasteiger partial charge in [-0.1, -0.05) is 30.3 Å². The first kappa shape index (κ1) is 16.5. The van der Waals surface area contributed by atoms with Crippen LogP contribution in [0.2, 0.25) is 0 Å². The van der Waals surface area contributed by atoms with Gasteiger partial charge in [0.25, 0.3) is 5.91 Å². The van der Waals surface area contributed by atoms with Crippen LogP contribution in [-0.4, -0.2) is 33.1 Å². The zero-order valence-electron chi connectivity index (χ0n) is 13.0. The fourth-order valence-electron chi connectivity index (χ4n) is 2.56. The smallest absolute Gasteiger partial charge is 0.252 e. The molecule has 1 atom stereocenters. The van der Waals surface area contributed by atoms with Gasteiger partial charge in [-0.3, -0.25) is 4.79 Å². The summed E-state index contributed by atoms with van der Waals surface area (Å²) >= 11 is 3.31. The molecule has 1 amide bonds. The standard InChI is InChI=1S/C17H20N2O2S2/c1-12(18-16(20)17(21)7-9-22-10-8-17)15-19-14(11-23-15)13-5-3-2-4-6-13/h2-6,11-12,21H,7-10H2,1H3,(H,18,20). The highest BCUT2D eigenvalue weighted by Crippen LogP contribution is 2.29. The number of hydrogen-bond acceptors (Lipinski definition) is 5. The van der Waals surface area contributed by atoms with Crippen molar-refractivity contribution in [3.8, 4) is 11.3 Å². The summed E-state index contributed by atoms with van der Waals surface area (Å²) in [5.74, 6) is 1.38. The lowest BCUT2D eigenvalue weighted by molar-refractivity contribution is -0.141. The van der Waals surface area contributed by atoms with Crippen molar-refractivity contribution in [2.45, 2.75) is 31.4 Å². The number of nitrogens with zero attached hydrogens (tertiary/aromatic N) is 1. The Hall–Kier alpha value is -1.37. The predicted octanol–water partition coefficient (Wildman–Crippen LogP) is 3.25. The van der Waals surface area contributed by atoms with E-state index < -0.39 is 5.60 Å². The van der Waals surface area contributed by atoms with Crippen LogP contribution >= 0.6 is 23.1 Å². The normalized spacial score (nSPS) is 18.3. The van der Waals surface area contributed by atoms with Crippen LogP contribution in [0.5, 0.6) is 0 Å². The van der Waals surface area contributed by atoms with Crippen molar-refractivity contribution < 1.29 is 9.90 Å². The molecule has 0 bridgehead atoms. The van der Waals surface area contributed by atoms with E-state index in [1.54, 1.807) is 11.8 Å². The summed E-state index contributed by atoms with van der Waals surface area (Å²) in [6, 6.07) is 9.77. The Morgan fingerprint density at radius 1 is 1.30 bits per heavy atom. The fourth-order valence-corrected chi connectivity index (χ4v) is 4.56. The maximum absolute atomic E-state index is 12.4. The Morgan fingerprint density at radius 2 is 2.00 bits per heavy atom. The van der Waals surface area contributed by atoms with E-state index in [9.17, 15) is 9.90 Å². The molecule has 3 rings (SSSR count). The number of carbonyl (C=O) groups excluding carboxylic acids is 1. The van der Waals surface area contributed by atoms with Gasteiger partial charge in [0.1, 0.15) is 10.6 Å². The Balaban J connectivity index is 1.68. The summed E-state index contributed by atoms with van der Waals surface area (Å²) in [5, 5.41) is 16.2. The molecule has 0 spiro atoms. The predicted molar refractivity (Wildman–Crippen MR) is 95.6 cm³/mol. The molecule has 1 aliphatic rings. The van der Waals surface area contributed by atoms with E-state index in [0.717, 1.165) is 27.8 Å². The summed E-state index contributed by atoms with van der Waals surface area (Å²) in [4.78, 5) is 17.0. The zero-order valence-corrected chi connectivity index (χ0v) is 14.6. The monoisotopic (exact) mass is 348 g/mol. The van der Waals surface area contributed by atoms with Gasteiger partial charge in [-0.25, -0.2) is 4.98 Å². The first-order valence-electron chi connectivity index (χ1n) is 7.70. The molecule has 1 unspecified atom stereocenters. The van der Waals surface area contributed by atoms with E-state index in [-0.39, 0.29) is 11.9 Å². The summed E-state index contributed by atoms with van der Waals surface area (Å²) < 4.78 is 0. The minimum Gasteiger partial charge on any atom is -0.380 e. The van der Waals surface area contributed by atoms with Crippen molar-refractivity contribution in [1.82, 2.24) is 10.3 Å². The van der Waals surface area contributed by atoms with Crippen LogP contribution in [-0.2, 0) is 4.79 Å². The van der Waals surface area contributed by atoms with Gasteiger partial charge in [0.15, 0.2) is 0 Å². The van der Waals surface area contributed by atoms with Gasteiger partial charge in [0.2, 0.25) is 0 Å². The molecule has 122 valence electrons. The highest BCUT2D eigenvalue weighted by molar-refractivity contribution is 7.99. The van der Waals surface area contributed by atoms with Crippen LogP contribution in [0.1, 0.15) is 30.8 Å². The number of nitrogens with one attached hydrogen (secondary N) is 1. The molecule has 1 aromatic heterocycles. The van der Waals surface area contributed by atoms with E-state index in [0.29, 0.717) is 12.8 Å². The second-order valence-electron chi connectivity index (χ2n) is 5.78. The third-order valence-electron chi connectivity index (χ3n) is 4.05. The van der Waals surface area contributed by atoms with E-state index >= 15 is 0 Å². The third-order valence-corrected chi connectivity index (χ3v) is 6.07. The van der Waals surface area contributed by atoms with Crippen molar-refractivity contribution >= 4 is 29.0 Å². The van der Waals surface area contributed by atoms with Gasteiger partial charge >= 0.3 is 0 Å². The van der Waals surface area contributed by atoms with Gasteiger partial charge in [0.05, 0.1) is 11.7 Å². The molecule has 2 aromatic rings. The maximum Gasteiger partial charge on any atom is 0.252 e. The molecule has 1 aliphatic heterocycles. The quantitative estimate of drug-likeness (QED) is 0.890. The van der Waals surface area contributed by atoms with Crippen molar-refractivity contribution in [2.24, 2.45) is 0 Å². The highest BCUT2D eigenvalue weighted by atomic mass is 32.2. The lowest BCUT2D eigenvalue weighted by Crippen LogP contribution is -2.49. The van der Waals surface area contributed by atoms with E-state index in [4.69, 9.17) is 0 Å². The molecule has 2 heterocycles. The van der Waals surface area contributed by atoms with Gasteiger partial charge in [0, 0.05) is 10.9 Å². The molecule has 23 heavy (non-hydrogen) atoms. The van der Waals surface area contributed by atoms with E-state index in [1.165, 1.54) is 11.3 Å². The molecule has 2 N–H and O–H groups in total. The fraction of sp³-hybridized carbons (Fsp3) is 0.412. The summed E-state index contributed by atoms with van der Waals surface area (Å²) in [6.45, 7) is 1.91. The van der Waals surface area contributed by atoms with Gasteiger partial charge < -0.3 is 10.4 Å². The first-order chi connectivity index (χ1) is 11.1. The average molecular weight is 348 g/mol. The number of aromatic nitrogens is 1. The minimum absolute atomic E-state index is 0.205. The Morgan fingerprint density at radius 3 is 2.70 bits per heavy atom. The molecular formula is C17H20N2O2S2. The summed E-state index contributed by atoms with van der Waals surface area (Å²) in [6.07, 6.45) is 1.03. The Bertz CT molecular complexity index is 666. The number of benzene rings is 1.